The van der Waals surface area contributed by atoms with Gasteiger partial charge in [-0.15, -0.1) is 11.3 Å². The highest BCUT2D eigenvalue weighted by Crippen LogP contribution is 2.24. The highest BCUT2D eigenvalue weighted by Gasteiger charge is 2.25. The second-order valence-electron chi connectivity index (χ2n) is 4.14. The van der Waals surface area contributed by atoms with Gasteiger partial charge in [0.15, 0.2) is 0 Å². The number of hydrogen-bond donors (Lipinski definition) is 2. The summed E-state index contributed by atoms with van der Waals surface area (Å²) in [5.41, 5.74) is 5.21. The average molecular weight is 313 g/mol. The van der Waals surface area contributed by atoms with E-state index < -0.39 is 10.0 Å². The Bertz CT molecular complexity index is 698. The third-order valence-corrected chi connectivity index (χ3v) is 5.59. The van der Waals surface area contributed by atoms with Crippen LogP contribution < -0.4 is 11.3 Å². The normalized spacial score (nSPS) is 11.8. The number of pyridine rings is 1. The molecular formula is C11H15N5O2S2. The van der Waals surface area contributed by atoms with Crippen molar-refractivity contribution in [2.24, 2.45) is 5.84 Å². The summed E-state index contributed by atoms with van der Waals surface area (Å²) in [7, 11) is -2.15. The molecule has 9 heteroatoms. The SMILES string of the molecule is Cc1ncsc1CN(C)S(=O)(=O)c1cnccc1NN. The molecule has 7 nitrogen and oxygen atoms in total. The number of rotatable bonds is 5. The fraction of sp³-hybridized carbons (Fsp3) is 0.273. The van der Waals surface area contributed by atoms with E-state index in [0.717, 1.165) is 10.6 Å². The molecule has 2 heterocycles. The molecule has 2 aromatic rings. The van der Waals surface area contributed by atoms with E-state index in [-0.39, 0.29) is 11.4 Å². The van der Waals surface area contributed by atoms with Gasteiger partial charge in [0.25, 0.3) is 0 Å². The van der Waals surface area contributed by atoms with Gasteiger partial charge in [0.2, 0.25) is 10.0 Å². The molecule has 2 rings (SSSR count). The quantitative estimate of drug-likeness (QED) is 0.629. The molecule has 0 spiro atoms. The predicted octanol–water partition coefficient (Wildman–Crippen LogP) is 0.953. The number of anilines is 1. The molecule has 108 valence electrons. The largest absolute Gasteiger partial charge is 0.323 e. The van der Waals surface area contributed by atoms with Crippen molar-refractivity contribution in [3.63, 3.8) is 0 Å². The molecule has 0 aliphatic heterocycles. The van der Waals surface area contributed by atoms with E-state index in [1.165, 1.54) is 41.1 Å². The minimum Gasteiger partial charge on any atom is -0.323 e. The van der Waals surface area contributed by atoms with Crippen LogP contribution in [0.25, 0.3) is 0 Å². The first-order valence-electron chi connectivity index (χ1n) is 5.72. The third-order valence-electron chi connectivity index (χ3n) is 2.84. The molecule has 0 aromatic carbocycles. The number of hydrogen-bond acceptors (Lipinski definition) is 7. The molecule has 0 aliphatic carbocycles. The Morgan fingerprint density at radius 3 is 2.85 bits per heavy atom. The van der Waals surface area contributed by atoms with Crippen LogP contribution in [-0.4, -0.2) is 29.7 Å². The van der Waals surface area contributed by atoms with Gasteiger partial charge in [0.1, 0.15) is 4.90 Å². The van der Waals surface area contributed by atoms with Crippen LogP contribution >= 0.6 is 11.3 Å². The summed E-state index contributed by atoms with van der Waals surface area (Å²) in [5, 5.41) is 0. The second-order valence-corrected chi connectivity index (χ2v) is 7.09. The third kappa shape index (κ3) is 2.80. The highest BCUT2D eigenvalue weighted by atomic mass is 32.2. The smallest absolute Gasteiger partial charge is 0.246 e. The van der Waals surface area contributed by atoms with Crippen LogP contribution in [0.2, 0.25) is 0 Å². The van der Waals surface area contributed by atoms with E-state index in [9.17, 15) is 8.42 Å². The summed E-state index contributed by atoms with van der Waals surface area (Å²) < 4.78 is 26.3. The van der Waals surface area contributed by atoms with Crippen LogP contribution in [0, 0.1) is 6.92 Å². The number of nitrogens with one attached hydrogen (secondary N) is 1. The Morgan fingerprint density at radius 1 is 1.50 bits per heavy atom. The number of nitrogens with two attached hydrogens (primary N) is 1. The molecule has 0 atom stereocenters. The molecule has 2 aromatic heterocycles. The van der Waals surface area contributed by atoms with Crippen molar-refractivity contribution in [2.45, 2.75) is 18.4 Å². The maximum absolute atomic E-state index is 12.5. The van der Waals surface area contributed by atoms with Crippen LogP contribution in [0.1, 0.15) is 10.6 Å². The average Bonchev–Trinajstić information content (AvgIpc) is 2.84. The van der Waals surface area contributed by atoms with Gasteiger partial charge < -0.3 is 5.43 Å². The van der Waals surface area contributed by atoms with Gasteiger partial charge in [0, 0.05) is 30.9 Å². The summed E-state index contributed by atoms with van der Waals surface area (Å²) in [6.07, 6.45) is 2.75. The summed E-state index contributed by atoms with van der Waals surface area (Å²) in [5.74, 6) is 5.34. The van der Waals surface area contributed by atoms with Crippen molar-refractivity contribution in [2.75, 3.05) is 12.5 Å². The highest BCUT2D eigenvalue weighted by molar-refractivity contribution is 7.89. The lowest BCUT2D eigenvalue weighted by Crippen LogP contribution is -2.27. The van der Waals surface area contributed by atoms with Crippen molar-refractivity contribution in [1.29, 1.82) is 0 Å². The van der Waals surface area contributed by atoms with E-state index in [0.29, 0.717) is 5.69 Å². The molecular weight excluding hydrogens is 298 g/mol. The van der Waals surface area contributed by atoms with Crippen molar-refractivity contribution >= 4 is 27.0 Å². The van der Waals surface area contributed by atoms with Crippen molar-refractivity contribution in [3.8, 4) is 0 Å². The van der Waals surface area contributed by atoms with Gasteiger partial charge >= 0.3 is 0 Å². The molecule has 0 bridgehead atoms. The molecule has 0 saturated heterocycles. The van der Waals surface area contributed by atoms with E-state index in [1.54, 1.807) is 5.51 Å². The van der Waals surface area contributed by atoms with Gasteiger partial charge in [-0.1, -0.05) is 0 Å². The predicted molar refractivity (Wildman–Crippen MR) is 77.6 cm³/mol. The lowest BCUT2D eigenvalue weighted by atomic mass is 10.4. The number of nitrogen functional groups attached to an aromatic ring is 1. The topological polar surface area (TPSA) is 101 Å². The van der Waals surface area contributed by atoms with E-state index in [4.69, 9.17) is 5.84 Å². The van der Waals surface area contributed by atoms with Gasteiger partial charge in [-0.3, -0.25) is 10.8 Å². The van der Waals surface area contributed by atoms with E-state index in [1.807, 2.05) is 6.92 Å². The van der Waals surface area contributed by atoms with Crippen LogP contribution in [0.4, 0.5) is 5.69 Å². The van der Waals surface area contributed by atoms with Crippen molar-refractivity contribution in [3.05, 3.63) is 34.5 Å². The summed E-state index contributed by atoms with van der Waals surface area (Å²) in [6.45, 7) is 2.11. The number of thiazole rings is 1. The Hall–Kier alpha value is -1.55. The minimum atomic E-state index is -3.67. The number of aromatic nitrogens is 2. The standard InChI is InChI=1S/C11H15N5O2S2/c1-8-10(19-7-14-8)6-16(2)20(17,18)11-5-13-4-3-9(11)15-12/h3-5,7H,6,12H2,1-2H3,(H,13,15). The zero-order valence-corrected chi connectivity index (χ0v) is 12.7. The van der Waals surface area contributed by atoms with Gasteiger partial charge in [-0.05, 0) is 13.0 Å². The fourth-order valence-electron chi connectivity index (χ4n) is 1.64. The van der Waals surface area contributed by atoms with Crippen LogP contribution in [0.3, 0.4) is 0 Å². The minimum absolute atomic E-state index is 0.0483. The second kappa shape index (κ2) is 5.83. The van der Waals surface area contributed by atoms with Gasteiger partial charge in [-0.25, -0.2) is 13.4 Å². The zero-order valence-electron chi connectivity index (χ0n) is 11.1. The molecule has 20 heavy (non-hydrogen) atoms. The fourth-order valence-corrected chi connectivity index (χ4v) is 3.78. The molecule has 0 saturated carbocycles. The maximum atomic E-state index is 12.5. The monoisotopic (exact) mass is 313 g/mol. The maximum Gasteiger partial charge on any atom is 0.246 e. The molecule has 0 amide bonds. The molecule has 0 fully saturated rings. The summed E-state index contributed by atoms with van der Waals surface area (Å²) in [6, 6.07) is 1.51. The molecule has 0 aliphatic rings. The first kappa shape index (κ1) is 14.9. The Labute approximate surface area is 121 Å². The lowest BCUT2D eigenvalue weighted by Gasteiger charge is -2.18. The van der Waals surface area contributed by atoms with E-state index >= 15 is 0 Å². The van der Waals surface area contributed by atoms with Gasteiger partial charge in [-0.2, -0.15) is 4.31 Å². The Balaban J connectivity index is 2.32. The Kier molecular flexibility index (Phi) is 4.33. The molecule has 0 unspecified atom stereocenters. The molecule has 3 N–H and O–H groups in total. The number of hydrazine groups is 1. The Morgan fingerprint density at radius 2 is 2.25 bits per heavy atom. The first-order chi connectivity index (χ1) is 9.46. The number of aryl methyl sites for hydroxylation is 1. The van der Waals surface area contributed by atoms with Crippen molar-refractivity contribution in [1.82, 2.24) is 14.3 Å². The first-order valence-corrected chi connectivity index (χ1v) is 8.04. The number of nitrogens with zero attached hydrogens (tertiary/aromatic N) is 3. The molecule has 0 radical (unpaired) electrons. The van der Waals surface area contributed by atoms with Crippen LogP contribution in [0.15, 0.2) is 28.9 Å². The van der Waals surface area contributed by atoms with Crippen LogP contribution in [0.5, 0.6) is 0 Å². The van der Waals surface area contributed by atoms with E-state index in [2.05, 4.69) is 15.4 Å². The zero-order chi connectivity index (χ0) is 14.8. The van der Waals surface area contributed by atoms with Crippen molar-refractivity contribution < 1.29 is 8.42 Å². The van der Waals surface area contributed by atoms with Crippen LogP contribution in [-0.2, 0) is 16.6 Å². The summed E-state index contributed by atoms with van der Waals surface area (Å²) >= 11 is 1.43. The summed E-state index contributed by atoms with van der Waals surface area (Å²) in [4.78, 5) is 8.91. The van der Waals surface area contributed by atoms with Gasteiger partial charge in [0.05, 0.1) is 16.9 Å². The lowest BCUT2D eigenvalue weighted by molar-refractivity contribution is 0.468. The number of sulfonamides is 1.